The Morgan fingerprint density at radius 1 is 1.26 bits per heavy atom. The number of hydrogen-bond acceptors (Lipinski definition) is 4. The van der Waals surface area contributed by atoms with Gasteiger partial charge in [0.05, 0.1) is 0 Å². The van der Waals surface area contributed by atoms with Crippen LogP contribution in [0.5, 0.6) is 5.75 Å². The number of rotatable bonds is 5. The largest absolute Gasteiger partial charge is 0.406 e. The van der Waals surface area contributed by atoms with E-state index in [1.807, 2.05) is 29.3 Å². The molecule has 0 unspecified atom stereocenters. The molecule has 1 aliphatic rings. The first-order valence-electron chi connectivity index (χ1n) is 6.96. The summed E-state index contributed by atoms with van der Waals surface area (Å²) in [6.07, 6.45) is 2.53. The Labute approximate surface area is 114 Å². The van der Waals surface area contributed by atoms with E-state index in [1.165, 1.54) is 5.56 Å². The van der Waals surface area contributed by atoms with Gasteiger partial charge in [-0.3, -0.25) is 0 Å². The molecule has 1 aliphatic heterocycles. The Balaban J connectivity index is 1.85. The van der Waals surface area contributed by atoms with E-state index in [9.17, 15) is 4.79 Å². The molecule has 0 spiro atoms. The summed E-state index contributed by atoms with van der Waals surface area (Å²) in [5.74, 6) is 1.10. The second-order valence-electron chi connectivity index (χ2n) is 4.97. The number of aryl methyl sites for hydroxylation is 1. The summed E-state index contributed by atoms with van der Waals surface area (Å²) < 4.78 is 0. The number of carbonyl (C=O) groups is 1. The van der Waals surface area contributed by atoms with Crippen LogP contribution in [-0.4, -0.2) is 37.0 Å². The van der Waals surface area contributed by atoms with Gasteiger partial charge in [0, 0.05) is 26.1 Å². The second kappa shape index (κ2) is 7.26. The first-order valence-corrected chi connectivity index (χ1v) is 6.96. The third-order valence-electron chi connectivity index (χ3n) is 3.22. The predicted molar refractivity (Wildman–Crippen MR) is 75.1 cm³/mol. The highest BCUT2D eigenvalue weighted by Gasteiger charge is 2.10. The molecule has 104 valence electrons. The quantitative estimate of drug-likeness (QED) is 0.878. The first-order chi connectivity index (χ1) is 9.24. The monoisotopic (exact) mass is 262 g/mol. The molecule has 0 bridgehead atoms. The van der Waals surface area contributed by atoms with E-state index >= 15 is 0 Å². The van der Waals surface area contributed by atoms with Crippen molar-refractivity contribution in [2.24, 2.45) is 0 Å². The van der Waals surface area contributed by atoms with E-state index in [4.69, 9.17) is 4.84 Å². The Morgan fingerprint density at radius 2 is 2.05 bits per heavy atom. The molecule has 1 saturated heterocycles. The number of benzene rings is 1. The summed E-state index contributed by atoms with van der Waals surface area (Å²) in [5, 5.41) is 5.35. The zero-order valence-electron chi connectivity index (χ0n) is 11.5. The van der Waals surface area contributed by atoms with Gasteiger partial charge in [-0.15, -0.1) is 5.06 Å². The molecule has 19 heavy (non-hydrogen) atoms. The second-order valence-corrected chi connectivity index (χ2v) is 4.97. The maximum absolute atomic E-state index is 10.9. The van der Waals surface area contributed by atoms with Crippen LogP contribution in [0, 0.1) is 0 Å². The molecular weight excluding hydrogens is 240 g/mol. The van der Waals surface area contributed by atoms with Crippen molar-refractivity contribution < 1.29 is 9.63 Å². The highest BCUT2D eigenvalue weighted by Crippen LogP contribution is 2.15. The Morgan fingerprint density at radius 3 is 2.79 bits per heavy atom. The van der Waals surface area contributed by atoms with Gasteiger partial charge < -0.3 is 14.9 Å². The van der Waals surface area contributed by atoms with E-state index in [-0.39, 0.29) is 5.78 Å². The molecule has 0 atom stereocenters. The third-order valence-corrected chi connectivity index (χ3v) is 3.22. The van der Waals surface area contributed by atoms with Crippen LogP contribution in [0.3, 0.4) is 0 Å². The predicted octanol–water partition coefficient (Wildman–Crippen LogP) is 1.80. The lowest BCUT2D eigenvalue weighted by Crippen LogP contribution is -2.31. The molecule has 0 aromatic heterocycles. The number of nitrogens with zero attached hydrogens (tertiary/aromatic N) is 1. The maximum Gasteiger partial charge on any atom is 0.147 e. The molecule has 4 heteroatoms. The Bertz CT molecular complexity index is 395. The van der Waals surface area contributed by atoms with Crippen molar-refractivity contribution in [2.45, 2.75) is 26.2 Å². The standard InChI is InChI=1S/C15H22N2O2/c1-13(18)3-4-14-5-7-15(8-6-14)19-17-11-2-9-16-10-12-17/h5-8,16H,2-4,9-12H2,1H3. The fourth-order valence-electron chi connectivity index (χ4n) is 2.10. The number of carbonyl (C=O) groups excluding carboxylic acids is 1. The minimum atomic E-state index is 0.234. The number of hydroxylamine groups is 2. The molecule has 0 amide bonds. The summed E-state index contributed by atoms with van der Waals surface area (Å²) in [5.41, 5.74) is 1.18. The highest BCUT2D eigenvalue weighted by atomic mass is 16.7. The molecule has 1 N–H and O–H groups in total. The van der Waals surface area contributed by atoms with Crippen LogP contribution in [-0.2, 0) is 11.2 Å². The zero-order valence-corrected chi connectivity index (χ0v) is 11.5. The maximum atomic E-state index is 10.9. The van der Waals surface area contributed by atoms with Crippen molar-refractivity contribution in [2.75, 3.05) is 26.2 Å². The van der Waals surface area contributed by atoms with Crippen LogP contribution in [0.25, 0.3) is 0 Å². The number of ketones is 1. The summed E-state index contributed by atoms with van der Waals surface area (Å²) in [7, 11) is 0. The minimum Gasteiger partial charge on any atom is -0.406 e. The third kappa shape index (κ3) is 5.01. The molecule has 0 aliphatic carbocycles. The van der Waals surface area contributed by atoms with E-state index < -0.39 is 0 Å². The topological polar surface area (TPSA) is 41.6 Å². The van der Waals surface area contributed by atoms with E-state index in [1.54, 1.807) is 6.92 Å². The normalized spacial score (nSPS) is 16.9. The van der Waals surface area contributed by atoms with Crippen molar-refractivity contribution in [3.63, 3.8) is 0 Å². The fourth-order valence-corrected chi connectivity index (χ4v) is 2.10. The molecule has 1 aromatic rings. The van der Waals surface area contributed by atoms with Crippen LogP contribution >= 0.6 is 0 Å². The lowest BCUT2D eigenvalue weighted by molar-refractivity contribution is -0.116. The lowest BCUT2D eigenvalue weighted by atomic mass is 10.1. The van der Waals surface area contributed by atoms with Crippen molar-refractivity contribution in [3.05, 3.63) is 29.8 Å². The van der Waals surface area contributed by atoms with Crippen LogP contribution in [0.4, 0.5) is 0 Å². The van der Waals surface area contributed by atoms with Gasteiger partial charge in [0.2, 0.25) is 0 Å². The molecule has 0 radical (unpaired) electrons. The Kier molecular flexibility index (Phi) is 5.36. The smallest absolute Gasteiger partial charge is 0.147 e. The van der Waals surface area contributed by atoms with Crippen molar-refractivity contribution in [1.29, 1.82) is 0 Å². The average molecular weight is 262 g/mol. The SMILES string of the molecule is CC(=O)CCc1ccc(ON2CCCNCC2)cc1. The molecule has 1 heterocycles. The van der Waals surface area contributed by atoms with E-state index in [0.717, 1.165) is 44.8 Å². The molecule has 0 saturated carbocycles. The summed E-state index contributed by atoms with van der Waals surface area (Å²) in [6.45, 7) is 5.52. The van der Waals surface area contributed by atoms with Gasteiger partial charge in [-0.2, -0.15) is 0 Å². The van der Waals surface area contributed by atoms with Crippen LogP contribution in [0.1, 0.15) is 25.3 Å². The molecule has 1 aromatic carbocycles. The van der Waals surface area contributed by atoms with Crippen molar-refractivity contribution in [1.82, 2.24) is 10.4 Å². The first kappa shape index (κ1) is 14.0. The van der Waals surface area contributed by atoms with Crippen LogP contribution in [0.2, 0.25) is 0 Å². The van der Waals surface area contributed by atoms with Crippen molar-refractivity contribution in [3.8, 4) is 5.75 Å². The number of Topliss-reactive ketones (excluding diaryl/α,β-unsaturated/α-hetero) is 1. The summed E-state index contributed by atoms with van der Waals surface area (Å²) in [6, 6.07) is 8.03. The van der Waals surface area contributed by atoms with Gasteiger partial charge >= 0.3 is 0 Å². The van der Waals surface area contributed by atoms with E-state index in [0.29, 0.717) is 6.42 Å². The minimum absolute atomic E-state index is 0.234. The highest BCUT2D eigenvalue weighted by molar-refractivity contribution is 5.75. The van der Waals surface area contributed by atoms with Gasteiger partial charge in [0.25, 0.3) is 0 Å². The Hall–Kier alpha value is -1.39. The van der Waals surface area contributed by atoms with Gasteiger partial charge in [0.1, 0.15) is 11.5 Å². The molecule has 1 fully saturated rings. The van der Waals surface area contributed by atoms with Gasteiger partial charge in [-0.1, -0.05) is 12.1 Å². The fraction of sp³-hybridized carbons (Fsp3) is 0.533. The van der Waals surface area contributed by atoms with Gasteiger partial charge in [-0.25, -0.2) is 0 Å². The number of hydrogen-bond donors (Lipinski definition) is 1. The van der Waals surface area contributed by atoms with Gasteiger partial charge in [0.15, 0.2) is 0 Å². The zero-order chi connectivity index (χ0) is 13.5. The molecular formula is C15H22N2O2. The van der Waals surface area contributed by atoms with Gasteiger partial charge in [-0.05, 0) is 44.0 Å². The van der Waals surface area contributed by atoms with E-state index in [2.05, 4.69) is 5.32 Å². The van der Waals surface area contributed by atoms with Crippen molar-refractivity contribution >= 4 is 5.78 Å². The average Bonchev–Trinajstić information content (AvgIpc) is 2.66. The lowest BCUT2D eigenvalue weighted by Gasteiger charge is -2.20. The molecule has 2 rings (SSSR count). The summed E-state index contributed by atoms with van der Waals surface area (Å²) in [4.78, 5) is 16.8. The van der Waals surface area contributed by atoms with Crippen LogP contribution < -0.4 is 10.2 Å². The number of nitrogens with one attached hydrogen (secondary N) is 1. The van der Waals surface area contributed by atoms with Crippen LogP contribution in [0.15, 0.2) is 24.3 Å². The summed E-state index contributed by atoms with van der Waals surface area (Å²) >= 11 is 0. The molecule has 4 nitrogen and oxygen atoms in total.